The average Bonchev–Trinajstić information content (AvgIpc) is 2.27. The summed E-state index contributed by atoms with van der Waals surface area (Å²) in [5.41, 5.74) is 10.2. The molecule has 0 saturated carbocycles. The van der Waals surface area contributed by atoms with E-state index in [1.165, 1.54) is 16.7 Å². The largest absolute Gasteiger partial charge is 0.323 e. The molecule has 0 saturated heterocycles. The molecule has 1 rings (SSSR count). The van der Waals surface area contributed by atoms with Gasteiger partial charge in [-0.25, -0.2) is 0 Å². The maximum absolute atomic E-state index is 6.34. The molecule has 1 aromatic rings. The van der Waals surface area contributed by atoms with Crippen LogP contribution in [-0.4, -0.2) is 24.5 Å². The van der Waals surface area contributed by atoms with Crippen molar-refractivity contribution >= 4 is 0 Å². The Kier molecular flexibility index (Phi) is 5.36. The van der Waals surface area contributed by atoms with E-state index in [9.17, 15) is 0 Å². The lowest BCUT2D eigenvalue weighted by Crippen LogP contribution is -2.38. The van der Waals surface area contributed by atoms with E-state index in [4.69, 9.17) is 5.73 Å². The normalized spacial score (nSPS) is 15.2. The highest BCUT2D eigenvalue weighted by molar-refractivity contribution is 5.32. The van der Waals surface area contributed by atoms with Crippen LogP contribution in [0, 0.1) is 19.8 Å². The Bertz CT molecular complexity index is 385. The van der Waals surface area contributed by atoms with E-state index in [0.29, 0.717) is 12.0 Å². The predicted octanol–water partition coefficient (Wildman–Crippen LogP) is 3.28. The molecule has 2 atom stereocenters. The number of nitrogens with zero attached hydrogens (tertiary/aromatic N) is 1. The zero-order valence-electron chi connectivity index (χ0n) is 12.7. The fraction of sp³-hybridized carbons (Fsp3) is 0.625. The van der Waals surface area contributed by atoms with Crippen LogP contribution in [0.1, 0.15) is 43.5 Å². The van der Waals surface area contributed by atoms with Crippen LogP contribution in [0.2, 0.25) is 0 Å². The second-order valence-corrected chi connectivity index (χ2v) is 5.89. The Morgan fingerprint density at radius 1 is 1.17 bits per heavy atom. The van der Waals surface area contributed by atoms with Gasteiger partial charge in [-0.05, 0) is 44.9 Å². The molecule has 0 spiro atoms. The highest BCUT2D eigenvalue weighted by Crippen LogP contribution is 2.19. The van der Waals surface area contributed by atoms with Crippen molar-refractivity contribution in [1.82, 2.24) is 4.90 Å². The van der Waals surface area contributed by atoms with Crippen LogP contribution >= 0.6 is 0 Å². The number of likely N-dealkylation sites (N-methyl/N-ethyl adjacent to an activating group) is 1. The summed E-state index contributed by atoms with van der Waals surface area (Å²) in [6.07, 6.45) is 0. The number of benzene rings is 1. The lowest BCUT2D eigenvalue weighted by molar-refractivity contribution is 0.197. The molecule has 0 fully saturated rings. The predicted molar refractivity (Wildman–Crippen MR) is 79.8 cm³/mol. The second kappa shape index (κ2) is 6.35. The van der Waals surface area contributed by atoms with Crippen LogP contribution in [0.3, 0.4) is 0 Å². The molecule has 0 radical (unpaired) electrons. The van der Waals surface area contributed by atoms with Crippen LogP contribution < -0.4 is 5.73 Å². The van der Waals surface area contributed by atoms with Crippen LogP contribution in [0.25, 0.3) is 0 Å². The Labute approximate surface area is 112 Å². The van der Waals surface area contributed by atoms with Crippen LogP contribution in [0.4, 0.5) is 0 Å². The van der Waals surface area contributed by atoms with Gasteiger partial charge in [0.2, 0.25) is 0 Å². The first-order valence-corrected chi connectivity index (χ1v) is 6.86. The summed E-state index contributed by atoms with van der Waals surface area (Å²) < 4.78 is 0. The first-order valence-electron chi connectivity index (χ1n) is 6.86. The second-order valence-electron chi connectivity index (χ2n) is 5.89. The lowest BCUT2D eigenvalue weighted by Gasteiger charge is -2.30. The third-order valence-corrected chi connectivity index (χ3v) is 3.97. The zero-order chi connectivity index (χ0) is 13.9. The van der Waals surface area contributed by atoms with Gasteiger partial charge in [0.05, 0.1) is 0 Å². The molecule has 0 amide bonds. The van der Waals surface area contributed by atoms with Gasteiger partial charge in [-0.2, -0.15) is 0 Å². The Morgan fingerprint density at radius 2 is 1.78 bits per heavy atom. The molecule has 2 nitrogen and oxygen atoms in total. The number of hydrogen-bond donors (Lipinski definition) is 1. The van der Waals surface area contributed by atoms with Crippen molar-refractivity contribution in [2.45, 2.75) is 46.7 Å². The lowest BCUT2D eigenvalue weighted by atomic mass is 9.98. The smallest absolute Gasteiger partial charge is 0.0426 e. The SMILES string of the molecule is Cc1ccc(C(N)CN(C)C(C)C(C)C)c(C)c1. The molecule has 0 aromatic heterocycles. The molecule has 2 N–H and O–H groups in total. The standard InChI is InChI=1S/C16H28N2/c1-11(2)14(5)18(6)10-16(17)15-8-7-12(3)9-13(15)4/h7-9,11,14,16H,10,17H2,1-6H3. The van der Waals surface area contributed by atoms with E-state index in [-0.39, 0.29) is 6.04 Å². The van der Waals surface area contributed by atoms with Crippen molar-refractivity contribution < 1.29 is 0 Å². The van der Waals surface area contributed by atoms with Gasteiger partial charge in [-0.1, -0.05) is 37.6 Å². The van der Waals surface area contributed by atoms with Gasteiger partial charge in [0.15, 0.2) is 0 Å². The van der Waals surface area contributed by atoms with E-state index >= 15 is 0 Å². The van der Waals surface area contributed by atoms with Gasteiger partial charge in [-0.15, -0.1) is 0 Å². The molecule has 0 aliphatic heterocycles. The highest BCUT2D eigenvalue weighted by Gasteiger charge is 2.17. The van der Waals surface area contributed by atoms with E-state index in [1.54, 1.807) is 0 Å². The summed E-state index contributed by atoms with van der Waals surface area (Å²) in [6, 6.07) is 7.18. The number of nitrogens with two attached hydrogens (primary N) is 1. The van der Waals surface area contributed by atoms with Gasteiger partial charge in [0.25, 0.3) is 0 Å². The molecule has 0 bridgehead atoms. The van der Waals surface area contributed by atoms with Crippen molar-refractivity contribution in [3.8, 4) is 0 Å². The van der Waals surface area contributed by atoms with Gasteiger partial charge in [-0.3, -0.25) is 0 Å². The Morgan fingerprint density at radius 3 is 2.28 bits per heavy atom. The number of aryl methyl sites for hydroxylation is 2. The van der Waals surface area contributed by atoms with Crippen molar-refractivity contribution in [3.05, 3.63) is 34.9 Å². The molecular weight excluding hydrogens is 220 g/mol. The monoisotopic (exact) mass is 248 g/mol. The Hall–Kier alpha value is -0.860. The Balaban J connectivity index is 2.73. The summed E-state index contributed by atoms with van der Waals surface area (Å²) in [5, 5.41) is 0. The molecule has 0 aliphatic rings. The van der Waals surface area contributed by atoms with Crippen LogP contribution in [0.15, 0.2) is 18.2 Å². The molecule has 1 aromatic carbocycles. The average molecular weight is 248 g/mol. The van der Waals surface area contributed by atoms with Gasteiger partial charge < -0.3 is 10.6 Å². The third kappa shape index (κ3) is 3.82. The fourth-order valence-corrected chi connectivity index (χ4v) is 2.33. The minimum atomic E-state index is 0.0943. The maximum Gasteiger partial charge on any atom is 0.0426 e. The van der Waals surface area contributed by atoms with Crippen LogP contribution in [-0.2, 0) is 0 Å². The van der Waals surface area contributed by atoms with Gasteiger partial charge >= 0.3 is 0 Å². The molecule has 2 unspecified atom stereocenters. The first kappa shape index (κ1) is 15.2. The number of rotatable bonds is 5. The summed E-state index contributed by atoms with van der Waals surface area (Å²) in [6.45, 7) is 11.9. The summed E-state index contributed by atoms with van der Waals surface area (Å²) in [5.74, 6) is 0.654. The van der Waals surface area contributed by atoms with Gasteiger partial charge in [0, 0.05) is 18.6 Å². The molecule has 0 heterocycles. The minimum absolute atomic E-state index is 0.0943. The van der Waals surface area contributed by atoms with Crippen molar-refractivity contribution in [2.75, 3.05) is 13.6 Å². The molecule has 18 heavy (non-hydrogen) atoms. The van der Waals surface area contributed by atoms with Crippen molar-refractivity contribution in [3.63, 3.8) is 0 Å². The van der Waals surface area contributed by atoms with E-state index in [1.807, 2.05) is 0 Å². The quantitative estimate of drug-likeness (QED) is 0.866. The number of hydrogen-bond acceptors (Lipinski definition) is 2. The molecule has 2 heteroatoms. The fourth-order valence-electron chi connectivity index (χ4n) is 2.33. The highest BCUT2D eigenvalue weighted by atomic mass is 15.1. The van der Waals surface area contributed by atoms with Crippen LogP contribution in [0.5, 0.6) is 0 Å². The summed E-state index contributed by atoms with van der Waals surface area (Å²) in [7, 11) is 2.16. The van der Waals surface area contributed by atoms with E-state index < -0.39 is 0 Å². The topological polar surface area (TPSA) is 29.3 Å². The maximum atomic E-state index is 6.34. The summed E-state index contributed by atoms with van der Waals surface area (Å²) in [4.78, 5) is 2.36. The zero-order valence-corrected chi connectivity index (χ0v) is 12.7. The minimum Gasteiger partial charge on any atom is -0.323 e. The van der Waals surface area contributed by atoms with E-state index in [2.05, 4.69) is 64.8 Å². The van der Waals surface area contributed by atoms with Crippen molar-refractivity contribution in [2.24, 2.45) is 11.7 Å². The van der Waals surface area contributed by atoms with Gasteiger partial charge in [0.1, 0.15) is 0 Å². The molecule has 102 valence electrons. The van der Waals surface area contributed by atoms with E-state index in [0.717, 1.165) is 6.54 Å². The summed E-state index contributed by atoms with van der Waals surface area (Å²) >= 11 is 0. The molecule has 0 aliphatic carbocycles. The molecular formula is C16H28N2. The third-order valence-electron chi connectivity index (χ3n) is 3.97. The first-order chi connectivity index (χ1) is 8.32. The van der Waals surface area contributed by atoms with Crippen molar-refractivity contribution in [1.29, 1.82) is 0 Å².